The molecular weight excluding hydrogens is 433 g/mol. The first kappa shape index (κ1) is 22.5. The Balaban J connectivity index is 1.80. The number of amides is 1. The lowest BCUT2D eigenvalue weighted by Gasteiger charge is -2.20. The van der Waals surface area contributed by atoms with Gasteiger partial charge in [0.1, 0.15) is 22.2 Å². The van der Waals surface area contributed by atoms with Crippen LogP contribution in [0.15, 0.2) is 24.4 Å². The van der Waals surface area contributed by atoms with Gasteiger partial charge in [-0.1, -0.05) is 23.6 Å². The Morgan fingerprint density at radius 1 is 1.29 bits per heavy atom. The second kappa shape index (κ2) is 8.15. The second-order valence-electron chi connectivity index (χ2n) is 7.78. The molecule has 3 aromatic rings. The molecule has 0 saturated carbocycles. The summed E-state index contributed by atoms with van der Waals surface area (Å²) >= 11 is 6.03. The van der Waals surface area contributed by atoms with Gasteiger partial charge in [0.2, 0.25) is 0 Å². The van der Waals surface area contributed by atoms with Gasteiger partial charge in [-0.05, 0) is 38.8 Å². The number of carbonyl (C=O) groups is 1. The van der Waals surface area contributed by atoms with Crippen LogP contribution in [0.3, 0.4) is 0 Å². The number of carbonyl (C=O) groups excluding carboxylic acids is 1. The van der Waals surface area contributed by atoms with Crippen LogP contribution in [0.25, 0.3) is 5.52 Å². The molecule has 0 spiro atoms. The average molecular weight is 453 g/mol. The maximum atomic E-state index is 13.0. The molecule has 0 radical (unpaired) electrons. The molecule has 0 aromatic carbocycles. The monoisotopic (exact) mass is 452 g/mol. The number of nitrogens with two attached hydrogens (primary N) is 1. The molecule has 0 fully saturated rings. The van der Waals surface area contributed by atoms with E-state index in [-0.39, 0.29) is 39.9 Å². The van der Waals surface area contributed by atoms with Gasteiger partial charge in [-0.15, -0.1) is 0 Å². The van der Waals surface area contributed by atoms with Crippen molar-refractivity contribution in [3.63, 3.8) is 0 Å². The van der Waals surface area contributed by atoms with Crippen molar-refractivity contribution >= 4 is 28.8 Å². The van der Waals surface area contributed by atoms with Crippen molar-refractivity contribution in [2.45, 2.75) is 38.9 Å². The number of rotatable bonds is 3. The summed E-state index contributed by atoms with van der Waals surface area (Å²) < 4.78 is 41.8. The number of nitrogens with zero attached hydrogens (tertiary/aromatic N) is 4. The molecule has 0 atom stereocenters. The minimum Gasteiger partial charge on any atom is -0.383 e. The lowest BCUT2D eigenvalue weighted by Crippen LogP contribution is -2.27. The lowest BCUT2D eigenvalue weighted by atomic mass is 10.1. The molecule has 0 saturated heterocycles. The number of fused-ring (bicyclic) bond motifs is 1. The van der Waals surface area contributed by atoms with Crippen molar-refractivity contribution in [3.8, 4) is 11.8 Å². The van der Waals surface area contributed by atoms with E-state index in [4.69, 9.17) is 17.3 Å². The van der Waals surface area contributed by atoms with E-state index >= 15 is 0 Å². The molecule has 0 bridgehead atoms. The van der Waals surface area contributed by atoms with Crippen molar-refractivity contribution in [1.82, 2.24) is 24.7 Å². The van der Waals surface area contributed by atoms with E-state index in [0.29, 0.717) is 0 Å². The fourth-order valence-electron chi connectivity index (χ4n) is 2.98. The largest absolute Gasteiger partial charge is 0.393 e. The first-order valence-electron chi connectivity index (χ1n) is 9.22. The average Bonchev–Trinajstić information content (AvgIpc) is 3.19. The van der Waals surface area contributed by atoms with E-state index in [2.05, 4.69) is 27.4 Å². The number of anilines is 1. The van der Waals surface area contributed by atoms with Gasteiger partial charge in [0, 0.05) is 5.56 Å². The Morgan fingerprint density at radius 2 is 2.00 bits per heavy atom. The van der Waals surface area contributed by atoms with Crippen molar-refractivity contribution in [3.05, 3.63) is 46.4 Å². The summed E-state index contributed by atoms with van der Waals surface area (Å²) in [6.45, 7) is 5.56. The molecule has 1 amide bonds. The highest BCUT2D eigenvalue weighted by Gasteiger charge is 2.31. The topological polar surface area (TPSA) is 90.2 Å². The summed E-state index contributed by atoms with van der Waals surface area (Å²) in [6.07, 6.45) is -4.29. The number of nitrogens with one attached hydrogen (secondary N) is 1. The van der Waals surface area contributed by atoms with E-state index in [9.17, 15) is 18.0 Å². The van der Waals surface area contributed by atoms with Crippen LogP contribution in [0, 0.1) is 11.8 Å². The Hall–Kier alpha value is -3.19. The van der Waals surface area contributed by atoms with Crippen molar-refractivity contribution in [2.24, 2.45) is 0 Å². The molecule has 3 N–H and O–H groups in total. The summed E-state index contributed by atoms with van der Waals surface area (Å²) in [5.41, 5.74) is 5.87. The molecule has 0 unspecified atom stereocenters. The third-order valence-electron chi connectivity index (χ3n) is 4.32. The molecule has 11 heteroatoms. The summed E-state index contributed by atoms with van der Waals surface area (Å²) in [7, 11) is 0. The van der Waals surface area contributed by atoms with Crippen LogP contribution >= 0.6 is 11.6 Å². The maximum Gasteiger partial charge on any atom is 0.393 e. The number of nitrogen functional groups attached to an aromatic ring is 1. The number of hydrogen-bond donors (Lipinski definition) is 2. The van der Waals surface area contributed by atoms with Crippen molar-refractivity contribution in [2.75, 3.05) is 12.3 Å². The third-order valence-corrected chi connectivity index (χ3v) is 4.61. The quantitative estimate of drug-likeness (QED) is 0.470. The van der Waals surface area contributed by atoms with Gasteiger partial charge >= 0.3 is 6.18 Å². The minimum absolute atomic E-state index is 0.0558. The predicted molar refractivity (Wildman–Crippen MR) is 111 cm³/mol. The van der Waals surface area contributed by atoms with Gasteiger partial charge < -0.3 is 11.1 Å². The van der Waals surface area contributed by atoms with Crippen molar-refractivity contribution in [1.29, 1.82) is 0 Å². The molecule has 0 aliphatic carbocycles. The van der Waals surface area contributed by atoms with E-state index in [1.54, 1.807) is 6.07 Å². The highest BCUT2D eigenvalue weighted by molar-refractivity contribution is 6.29. The molecule has 3 heterocycles. The minimum atomic E-state index is -4.44. The molecule has 31 heavy (non-hydrogen) atoms. The number of pyridine rings is 1. The van der Waals surface area contributed by atoms with Gasteiger partial charge in [0.25, 0.3) is 5.91 Å². The fourth-order valence-corrected chi connectivity index (χ4v) is 3.18. The number of hydrogen-bond acceptors (Lipinski definition) is 4. The van der Waals surface area contributed by atoms with Crippen LogP contribution in [-0.4, -0.2) is 38.0 Å². The van der Waals surface area contributed by atoms with Crippen LogP contribution < -0.4 is 11.1 Å². The molecule has 7 nitrogen and oxygen atoms in total. The molecule has 0 aliphatic rings. The predicted octanol–water partition coefficient (Wildman–Crippen LogP) is 3.41. The van der Waals surface area contributed by atoms with Gasteiger partial charge in [-0.25, -0.2) is 9.20 Å². The van der Waals surface area contributed by atoms with Crippen LogP contribution in [-0.2, 0) is 12.0 Å². The number of aromatic nitrogens is 4. The van der Waals surface area contributed by atoms with Gasteiger partial charge in [0.15, 0.2) is 0 Å². The number of alkyl halides is 3. The van der Waals surface area contributed by atoms with Gasteiger partial charge in [-0.3, -0.25) is 4.79 Å². The smallest absolute Gasteiger partial charge is 0.383 e. The highest BCUT2D eigenvalue weighted by atomic mass is 35.5. The summed E-state index contributed by atoms with van der Waals surface area (Å²) in [5.74, 6) is 4.94. The van der Waals surface area contributed by atoms with E-state index in [1.807, 2.05) is 20.8 Å². The normalized spacial score (nSPS) is 12.0. The van der Waals surface area contributed by atoms with E-state index in [1.165, 1.54) is 27.5 Å². The van der Waals surface area contributed by atoms with Gasteiger partial charge in [-0.2, -0.15) is 23.4 Å². The molecule has 164 valence electrons. The third kappa shape index (κ3) is 4.94. The Labute approximate surface area is 181 Å². The first-order chi connectivity index (χ1) is 14.4. The summed E-state index contributed by atoms with van der Waals surface area (Å²) in [6, 6.07) is 4.54. The van der Waals surface area contributed by atoms with Crippen LogP contribution in [0.2, 0.25) is 5.15 Å². The van der Waals surface area contributed by atoms with Crippen molar-refractivity contribution < 1.29 is 18.0 Å². The first-order valence-corrected chi connectivity index (χ1v) is 9.60. The number of halogens is 4. The molecule has 3 aromatic heterocycles. The summed E-state index contributed by atoms with van der Waals surface area (Å²) in [5, 5.41) is 10.9. The fraction of sp³-hybridized carbons (Fsp3) is 0.350. The van der Waals surface area contributed by atoms with Crippen LogP contribution in [0.5, 0.6) is 0 Å². The second-order valence-corrected chi connectivity index (χ2v) is 8.16. The lowest BCUT2D eigenvalue weighted by molar-refractivity contribution is -0.127. The Kier molecular flexibility index (Phi) is 5.91. The Bertz CT molecular complexity index is 1190. The molecular formula is C20H20ClF3N6O. The Morgan fingerprint density at radius 3 is 2.61 bits per heavy atom. The van der Waals surface area contributed by atoms with E-state index < -0.39 is 24.0 Å². The summed E-state index contributed by atoms with van der Waals surface area (Å²) in [4.78, 5) is 12.4. The van der Waals surface area contributed by atoms with E-state index in [0.717, 1.165) is 0 Å². The highest BCUT2D eigenvalue weighted by Crippen LogP contribution is 2.27. The molecule has 3 rings (SSSR count). The van der Waals surface area contributed by atoms with Crippen LogP contribution in [0.4, 0.5) is 19.0 Å². The zero-order chi connectivity index (χ0) is 23.0. The SMILES string of the molecule is CC(C)(C)n1ncc(C(=O)NCC#Cc2nn3c(Cl)cccc3c2CC(F)(F)F)c1N. The standard InChI is InChI=1S/C20H20ClF3N6O/c1-19(2,3)30-17(25)13(11-27-30)18(31)26-9-5-6-14-12(10-20(22,23)24)15-7-4-8-16(21)29(15)28-14/h4,7-8,11H,9-10,25H2,1-3H3,(H,26,31). The zero-order valence-corrected chi connectivity index (χ0v) is 17.8. The maximum absolute atomic E-state index is 13.0. The van der Waals surface area contributed by atoms with Gasteiger partial charge in [0.05, 0.1) is 30.2 Å². The molecule has 0 aliphatic heterocycles. The van der Waals surface area contributed by atoms with Crippen LogP contribution in [0.1, 0.15) is 42.4 Å². The zero-order valence-electron chi connectivity index (χ0n) is 17.0.